The molecule has 0 saturated carbocycles. The van der Waals surface area contributed by atoms with Gasteiger partial charge in [-0.15, -0.1) is 0 Å². The minimum absolute atomic E-state index is 0.132. The Balaban J connectivity index is 1.36. The number of imidazole rings is 1. The number of fused-ring (bicyclic) bond motifs is 1. The summed E-state index contributed by atoms with van der Waals surface area (Å²) in [5, 5.41) is 0.132. The number of aromatic nitrogens is 4. The van der Waals surface area contributed by atoms with Crippen molar-refractivity contribution in [2.45, 2.75) is 45.8 Å². The van der Waals surface area contributed by atoms with Gasteiger partial charge in [0.1, 0.15) is 0 Å². The molecule has 2 aromatic heterocycles. The molecule has 1 N–H and O–H groups in total. The van der Waals surface area contributed by atoms with E-state index < -0.39 is 0 Å². The van der Waals surface area contributed by atoms with Crippen LogP contribution in [0.25, 0.3) is 11.2 Å². The van der Waals surface area contributed by atoms with Gasteiger partial charge in [0.05, 0.1) is 0 Å². The molecule has 3 aromatic rings. The van der Waals surface area contributed by atoms with Crippen molar-refractivity contribution in [3.8, 4) is 0 Å². The number of benzene rings is 1. The van der Waals surface area contributed by atoms with E-state index in [4.69, 9.17) is 11.6 Å². The van der Waals surface area contributed by atoms with Crippen molar-refractivity contribution in [2.75, 3.05) is 32.7 Å². The average molecular weight is 459 g/mol. The highest BCUT2D eigenvalue weighted by Gasteiger charge is 2.19. The molecule has 9 heteroatoms. The Kier molecular flexibility index (Phi) is 7.44. The van der Waals surface area contributed by atoms with Crippen LogP contribution in [0.15, 0.2) is 39.9 Å². The number of H-pyrrole nitrogens is 1. The normalized spacial score (nSPS) is 15.6. The first kappa shape index (κ1) is 22.8. The van der Waals surface area contributed by atoms with Crippen molar-refractivity contribution in [1.29, 1.82) is 0 Å². The van der Waals surface area contributed by atoms with Crippen LogP contribution in [0.5, 0.6) is 0 Å². The number of aromatic amines is 1. The molecular weight excluding hydrogens is 428 g/mol. The van der Waals surface area contributed by atoms with Crippen LogP contribution in [-0.2, 0) is 19.6 Å². The van der Waals surface area contributed by atoms with Crippen molar-refractivity contribution >= 4 is 22.8 Å². The molecule has 1 fully saturated rings. The van der Waals surface area contributed by atoms with E-state index in [0.29, 0.717) is 24.3 Å². The summed E-state index contributed by atoms with van der Waals surface area (Å²) in [7, 11) is 0. The maximum Gasteiger partial charge on any atom is 0.332 e. The first-order valence-corrected chi connectivity index (χ1v) is 11.8. The molecule has 1 aliphatic heterocycles. The Morgan fingerprint density at radius 2 is 1.62 bits per heavy atom. The Bertz CT molecular complexity index is 1140. The fourth-order valence-electron chi connectivity index (χ4n) is 4.32. The molecule has 0 bridgehead atoms. The Morgan fingerprint density at radius 3 is 2.34 bits per heavy atom. The van der Waals surface area contributed by atoms with E-state index in [9.17, 15) is 9.59 Å². The molecule has 0 unspecified atom stereocenters. The SMILES string of the molecule is CCCCn1c(=O)n(CCCN2CCN(Cc3ccccc3)CC2)c(=O)c2[nH]c(Cl)nc21. The van der Waals surface area contributed by atoms with E-state index in [1.54, 1.807) is 4.57 Å². The highest BCUT2D eigenvalue weighted by Crippen LogP contribution is 2.11. The third-order valence-electron chi connectivity index (χ3n) is 6.14. The summed E-state index contributed by atoms with van der Waals surface area (Å²) in [6.45, 7) is 8.87. The number of hydrogen-bond acceptors (Lipinski definition) is 5. The number of nitrogens with zero attached hydrogens (tertiary/aromatic N) is 5. The van der Waals surface area contributed by atoms with Crippen molar-refractivity contribution in [2.24, 2.45) is 0 Å². The van der Waals surface area contributed by atoms with Crippen LogP contribution >= 0.6 is 11.6 Å². The summed E-state index contributed by atoms with van der Waals surface area (Å²) >= 11 is 5.99. The maximum atomic E-state index is 13.0. The second-order valence-electron chi connectivity index (χ2n) is 8.43. The molecule has 1 aliphatic rings. The number of rotatable bonds is 9. The fraction of sp³-hybridized carbons (Fsp3) is 0.522. The first-order valence-electron chi connectivity index (χ1n) is 11.4. The van der Waals surface area contributed by atoms with Gasteiger partial charge in [0.25, 0.3) is 5.56 Å². The van der Waals surface area contributed by atoms with E-state index in [1.807, 2.05) is 6.07 Å². The van der Waals surface area contributed by atoms with Crippen LogP contribution in [0.2, 0.25) is 5.28 Å². The summed E-state index contributed by atoms with van der Waals surface area (Å²) < 4.78 is 2.91. The molecule has 4 rings (SSSR count). The zero-order valence-corrected chi connectivity index (χ0v) is 19.4. The van der Waals surface area contributed by atoms with Crippen molar-refractivity contribution in [3.05, 3.63) is 62.0 Å². The van der Waals surface area contributed by atoms with Gasteiger partial charge in [0.2, 0.25) is 5.28 Å². The summed E-state index contributed by atoms with van der Waals surface area (Å²) in [6.07, 6.45) is 2.53. The fourth-order valence-corrected chi connectivity index (χ4v) is 4.49. The van der Waals surface area contributed by atoms with E-state index in [2.05, 4.69) is 51.0 Å². The zero-order valence-electron chi connectivity index (χ0n) is 18.6. The van der Waals surface area contributed by atoms with Gasteiger partial charge >= 0.3 is 5.69 Å². The van der Waals surface area contributed by atoms with E-state index in [0.717, 1.165) is 58.5 Å². The lowest BCUT2D eigenvalue weighted by atomic mass is 10.2. The van der Waals surface area contributed by atoms with Gasteiger partial charge < -0.3 is 9.88 Å². The van der Waals surface area contributed by atoms with Gasteiger partial charge in [-0.3, -0.25) is 18.8 Å². The number of piperazine rings is 1. The van der Waals surface area contributed by atoms with Gasteiger partial charge in [-0.2, -0.15) is 4.98 Å². The molecule has 3 heterocycles. The van der Waals surface area contributed by atoms with Crippen LogP contribution in [0.4, 0.5) is 0 Å². The highest BCUT2D eigenvalue weighted by atomic mass is 35.5. The molecule has 32 heavy (non-hydrogen) atoms. The highest BCUT2D eigenvalue weighted by molar-refractivity contribution is 6.28. The third-order valence-corrected chi connectivity index (χ3v) is 6.32. The Hall–Kier alpha value is -2.42. The summed E-state index contributed by atoms with van der Waals surface area (Å²) in [5.41, 5.74) is 1.36. The Labute approximate surface area is 192 Å². The maximum absolute atomic E-state index is 13.0. The molecule has 0 radical (unpaired) electrons. The predicted octanol–water partition coefficient (Wildman–Crippen LogP) is 2.55. The van der Waals surface area contributed by atoms with E-state index in [-0.39, 0.29) is 16.5 Å². The largest absolute Gasteiger partial charge is 0.332 e. The number of unbranched alkanes of at least 4 members (excludes halogenated alkanes) is 1. The molecule has 172 valence electrons. The van der Waals surface area contributed by atoms with Gasteiger partial charge in [0.15, 0.2) is 11.2 Å². The van der Waals surface area contributed by atoms with Gasteiger partial charge in [-0.1, -0.05) is 43.7 Å². The quantitative estimate of drug-likeness (QED) is 0.498. The van der Waals surface area contributed by atoms with E-state index >= 15 is 0 Å². The average Bonchev–Trinajstić information content (AvgIpc) is 3.19. The monoisotopic (exact) mass is 458 g/mol. The van der Waals surface area contributed by atoms with Crippen LogP contribution in [0.3, 0.4) is 0 Å². The predicted molar refractivity (Wildman–Crippen MR) is 127 cm³/mol. The standard InChI is InChI=1S/C23H31ClN6O2/c1-2-3-11-29-20-19(25-22(24)26-20)21(31)30(23(29)32)12-7-10-27-13-15-28(16-14-27)17-18-8-5-4-6-9-18/h4-6,8-9H,2-3,7,10-17H2,1H3,(H,25,26). The lowest BCUT2D eigenvalue weighted by molar-refractivity contribution is 0.125. The molecule has 0 spiro atoms. The number of hydrogen-bond donors (Lipinski definition) is 1. The van der Waals surface area contributed by atoms with Crippen LogP contribution in [0.1, 0.15) is 31.7 Å². The van der Waals surface area contributed by atoms with Crippen molar-refractivity contribution in [3.63, 3.8) is 0 Å². The summed E-state index contributed by atoms with van der Waals surface area (Å²) in [4.78, 5) is 37.8. The molecule has 1 aromatic carbocycles. The number of nitrogens with one attached hydrogen (secondary N) is 1. The van der Waals surface area contributed by atoms with E-state index in [1.165, 1.54) is 10.1 Å². The lowest BCUT2D eigenvalue weighted by Crippen LogP contribution is -2.46. The molecule has 1 saturated heterocycles. The number of halogens is 1. The summed E-state index contributed by atoms with van der Waals surface area (Å²) in [6, 6.07) is 10.5. The second kappa shape index (κ2) is 10.5. The minimum atomic E-state index is -0.343. The van der Waals surface area contributed by atoms with Crippen LogP contribution in [0, 0.1) is 0 Å². The first-order chi connectivity index (χ1) is 15.6. The molecule has 8 nitrogen and oxygen atoms in total. The van der Waals surface area contributed by atoms with Crippen molar-refractivity contribution < 1.29 is 0 Å². The van der Waals surface area contributed by atoms with Gasteiger partial charge in [-0.25, -0.2) is 4.79 Å². The topological polar surface area (TPSA) is 79.2 Å². The number of aryl methyl sites for hydroxylation is 1. The van der Waals surface area contributed by atoms with Crippen LogP contribution < -0.4 is 11.2 Å². The van der Waals surface area contributed by atoms with Gasteiger partial charge in [-0.05, 0) is 36.6 Å². The molecule has 0 atom stereocenters. The zero-order chi connectivity index (χ0) is 22.5. The summed E-state index contributed by atoms with van der Waals surface area (Å²) in [5.74, 6) is 0. The molecule has 0 aliphatic carbocycles. The smallest absolute Gasteiger partial charge is 0.323 e. The minimum Gasteiger partial charge on any atom is -0.323 e. The molecule has 0 amide bonds. The second-order valence-corrected chi connectivity index (χ2v) is 8.79. The van der Waals surface area contributed by atoms with Crippen LogP contribution in [-0.4, -0.2) is 61.6 Å². The van der Waals surface area contributed by atoms with Crippen molar-refractivity contribution in [1.82, 2.24) is 28.9 Å². The Morgan fingerprint density at radius 1 is 0.938 bits per heavy atom. The molecular formula is C23H31ClN6O2. The third kappa shape index (κ3) is 5.14. The lowest BCUT2D eigenvalue weighted by Gasteiger charge is -2.34. The van der Waals surface area contributed by atoms with Gasteiger partial charge in [0, 0.05) is 45.8 Å².